The normalized spacial score (nSPS) is 21.0. The van der Waals surface area contributed by atoms with E-state index in [1.807, 2.05) is 13.2 Å². The van der Waals surface area contributed by atoms with Crippen molar-refractivity contribution in [3.8, 4) is 0 Å². The molecule has 1 aliphatic rings. The van der Waals surface area contributed by atoms with Crippen LogP contribution in [0.3, 0.4) is 0 Å². The van der Waals surface area contributed by atoms with Crippen LogP contribution in [0.25, 0.3) is 0 Å². The van der Waals surface area contributed by atoms with Crippen LogP contribution in [-0.4, -0.2) is 22.3 Å². The second kappa shape index (κ2) is 6.27. The van der Waals surface area contributed by atoms with Gasteiger partial charge in [0, 0.05) is 32.0 Å². The average molecular weight is 303 g/mol. The van der Waals surface area contributed by atoms with Crippen molar-refractivity contribution in [2.24, 2.45) is 13.0 Å². The molecule has 1 amide bonds. The van der Waals surface area contributed by atoms with Crippen LogP contribution < -0.4 is 5.32 Å². The number of halogens is 1. The molecule has 1 aliphatic heterocycles. The minimum Gasteiger partial charge on any atom is -0.373 e. The Hall–Kier alpha value is -2.21. The molecule has 1 N–H and O–H groups in total. The summed E-state index contributed by atoms with van der Waals surface area (Å²) in [5, 5.41) is 6.98. The molecular formula is C16H18FN3O2. The molecule has 0 unspecified atom stereocenters. The van der Waals surface area contributed by atoms with Gasteiger partial charge in [-0.3, -0.25) is 9.48 Å². The molecule has 1 saturated heterocycles. The molecule has 2 atom stereocenters. The molecule has 116 valence electrons. The molecule has 1 fully saturated rings. The van der Waals surface area contributed by atoms with Crippen molar-refractivity contribution in [1.29, 1.82) is 0 Å². The fraction of sp³-hybridized carbons (Fsp3) is 0.375. The largest absolute Gasteiger partial charge is 0.373 e. The maximum absolute atomic E-state index is 13.1. The van der Waals surface area contributed by atoms with E-state index in [-0.39, 0.29) is 23.7 Å². The van der Waals surface area contributed by atoms with Crippen molar-refractivity contribution in [2.45, 2.75) is 19.1 Å². The Labute approximate surface area is 128 Å². The third kappa shape index (κ3) is 3.17. The molecule has 2 heterocycles. The van der Waals surface area contributed by atoms with Crippen LogP contribution in [0.4, 0.5) is 4.39 Å². The number of aromatic nitrogens is 2. The molecule has 3 rings (SSSR count). The van der Waals surface area contributed by atoms with E-state index in [1.54, 1.807) is 23.0 Å². The molecule has 0 radical (unpaired) electrons. The van der Waals surface area contributed by atoms with Gasteiger partial charge in [0.25, 0.3) is 0 Å². The van der Waals surface area contributed by atoms with Gasteiger partial charge in [-0.05, 0) is 24.1 Å². The van der Waals surface area contributed by atoms with Crippen molar-refractivity contribution in [1.82, 2.24) is 15.1 Å². The number of nitrogens with zero attached hydrogens (tertiary/aromatic N) is 2. The topological polar surface area (TPSA) is 56.1 Å². The summed E-state index contributed by atoms with van der Waals surface area (Å²) in [6, 6.07) is 6.22. The van der Waals surface area contributed by atoms with Gasteiger partial charge >= 0.3 is 0 Å². The zero-order chi connectivity index (χ0) is 15.5. The third-order valence-corrected chi connectivity index (χ3v) is 3.84. The van der Waals surface area contributed by atoms with Crippen molar-refractivity contribution < 1.29 is 13.9 Å². The summed E-state index contributed by atoms with van der Waals surface area (Å²) in [4.78, 5) is 12.4. The first-order valence-electron chi connectivity index (χ1n) is 7.26. The Bertz CT molecular complexity index is 671. The highest BCUT2D eigenvalue weighted by Gasteiger charge is 2.35. The van der Waals surface area contributed by atoms with E-state index in [0.29, 0.717) is 19.6 Å². The summed E-state index contributed by atoms with van der Waals surface area (Å²) in [7, 11) is 1.83. The molecule has 6 heteroatoms. The molecular weight excluding hydrogens is 285 g/mol. The number of nitrogens with one attached hydrogen (secondary N) is 1. The van der Waals surface area contributed by atoms with Crippen LogP contribution in [0.5, 0.6) is 0 Å². The van der Waals surface area contributed by atoms with Crippen molar-refractivity contribution >= 4 is 5.91 Å². The van der Waals surface area contributed by atoms with Gasteiger partial charge in [0.05, 0.1) is 18.2 Å². The molecule has 0 saturated carbocycles. The van der Waals surface area contributed by atoms with E-state index in [9.17, 15) is 9.18 Å². The van der Waals surface area contributed by atoms with Crippen molar-refractivity contribution in [3.63, 3.8) is 0 Å². The lowest BCUT2D eigenvalue weighted by molar-refractivity contribution is -0.126. The quantitative estimate of drug-likeness (QED) is 0.939. The molecule has 1 aromatic heterocycles. The van der Waals surface area contributed by atoms with E-state index >= 15 is 0 Å². The molecule has 0 aliphatic carbocycles. The maximum atomic E-state index is 13.1. The highest BCUT2D eigenvalue weighted by atomic mass is 19.1. The van der Waals surface area contributed by atoms with E-state index in [1.165, 1.54) is 12.1 Å². The van der Waals surface area contributed by atoms with Gasteiger partial charge in [0.15, 0.2) is 0 Å². The van der Waals surface area contributed by atoms with E-state index in [2.05, 4.69) is 10.4 Å². The van der Waals surface area contributed by atoms with Gasteiger partial charge in [-0.25, -0.2) is 4.39 Å². The van der Waals surface area contributed by atoms with Gasteiger partial charge in [-0.15, -0.1) is 0 Å². The van der Waals surface area contributed by atoms with Gasteiger partial charge < -0.3 is 10.1 Å². The van der Waals surface area contributed by atoms with Crippen LogP contribution in [0.15, 0.2) is 36.7 Å². The first-order valence-corrected chi connectivity index (χ1v) is 7.26. The summed E-state index contributed by atoms with van der Waals surface area (Å²) in [6.45, 7) is 0.866. The van der Waals surface area contributed by atoms with Crippen LogP contribution in [0.2, 0.25) is 0 Å². The lowest BCUT2D eigenvalue weighted by atomic mass is 9.96. The van der Waals surface area contributed by atoms with Crippen LogP contribution >= 0.6 is 0 Å². The first kappa shape index (κ1) is 14.7. The Morgan fingerprint density at radius 3 is 3.14 bits per heavy atom. The summed E-state index contributed by atoms with van der Waals surface area (Å²) < 4.78 is 20.5. The SMILES string of the molecule is Cn1cc([C@H]2OCC[C@@H]2C(=O)NCc2cccc(F)c2)cn1. The van der Waals surface area contributed by atoms with E-state index < -0.39 is 0 Å². The summed E-state index contributed by atoms with van der Waals surface area (Å²) in [5.74, 6) is -0.613. The number of hydrogen-bond acceptors (Lipinski definition) is 3. The number of rotatable bonds is 4. The molecule has 0 spiro atoms. The van der Waals surface area contributed by atoms with Crippen LogP contribution in [0.1, 0.15) is 23.7 Å². The number of benzene rings is 1. The number of ether oxygens (including phenoxy) is 1. The van der Waals surface area contributed by atoms with Gasteiger partial charge in [0.1, 0.15) is 5.82 Å². The molecule has 5 nitrogen and oxygen atoms in total. The zero-order valence-electron chi connectivity index (χ0n) is 12.3. The summed E-state index contributed by atoms with van der Waals surface area (Å²) in [5.41, 5.74) is 1.65. The Kier molecular flexibility index (Phi) is 4.20. The monoisotopic (exact) mass is 303 g/mol. The van der Waals surface area contributed by atoms with Crippen LogP contribution in [-0.2, 0) is 23.1 Å². The molecule has 2 aromatic rings. The molecule has 22 heavy (non-hydrogen) atoms. The highest BCUT2D eigenvalue weighted by molar-refractivity contribution is 5.79. The highest BCUT2D eigenvalue weighted by Crippen LogP contribution is 2.34. The van der Waals surface area contributed by atoms with E-state index in [4.69, 9.17) is 4.74 Å². The standard InChI is InChI=1S/C16H18FN3O2/c1-20-10-12(9-19-20)15-14(5-6-22-15)16(21)18-8-11-3-2-4-13(17)7-11/h2-4,7,9-10,14-15H,5-6,8H2,1H3,(H,18,21)/t14-,15+/m0/s1. The third-order valence-electron chi connectivity index (χ3n) is 3.84. The Morgan fingerprint density at radius 1 is 1.55 bits per heavy atom. The number of carbonyl (C=O) groups excluding carboxylic acids is 1. The Balaban J connectivity index is 1.64. The minimum absolute atomic E-state index is 0.0735. The van der Waals surface area contributed by atoms with E-state index in [0.717, 1.165) is 11.1 Å². The number of amides is 1. The lowest BCUT2D eigenvalue weighted by Gasteiger charge is -2.17. The summed E-state index contributed by atoms with van der Waals surface area (Å²) >= 11 is 0. The number of carbonyl (C=O) groups is 1. The summed E-state index contributed by atoms with van der Waals surface area (Å²) in [6.07, 6.45) is 4.00. The lowest BCUT2D eigenvalue weighted by Crippen LogP contribution is -2.31. The van der Waals surface area contributed by atoms with Gasteiger partial charge in [0.2, 0.25) is 5.91 Å². The average Bonchev–Trinajstić information content (AvgIpc) is 3.13. The predicted octanol–water partition coefficient (Wildman–Crippen LogP) is 1.95. The number of hydrogen-bond donors (Lipinski definition) is 1. The van der Waals surface area contributed by atoms with Crippen LogP contribution in [0, 0.1) is 11.7 Å². The zero-order valence-corrected chi connectivity index (χ0v) is 12.3. The first-order chi connectivity index (χ1) is 10.6. The number of aryl methyl sites for hydroxylation is 1. The van der Waals surface area contributed by atoms with Crippen molar-refractivity contribution in [3.05, 3.63) is 53.6 Å². The Morgan fingerprint density at radius 2 is 2.41 bits per heavy atom. The molecule has 1 aromatic carbocycles. The fourth-order valence-corrected chi connectivity index (χ4v) is 2.74. The predicted molar refractivity (Wildman–Crippen MR) is 78.3 cm³/mol. The smallest absolute Gasteiger partial charge is 0.226 e. The fourth-order valence-electron chi connectivity index (χ4n) is 2.74. The minimum atomic E-state index is -0.302. The van der Waals surface area contributed by atoms with Gasteiger partial charge in [-0.1, -0.05) is 12.1 Å². The second-order valence-corrected chi connectivity index (χ2v) is 5.48. The van der Waals surface area contributed by atoms with Gasteiger partial charge in [-0.2, -0.15) is 5.10 Å². The molecule has 0 bridgehead atoms. The second-order valence-electron chi connectivity index (χ2n) is 5.48. The maximum Gasteiger partial charge on any atom is 0.226 e. The van der Waals surface area contributed by atoms with Crippen molar-refractivity contribution in [2.75, 3.05) is 6.61 Å².